The third kappa shape index (κ3) is 2.22. The molecule has 80 valence electrons. The highest BCUT2D eigenvalue weighted by atomic mass is 15.6. The van der Waals surface area contributed by atoms with E-state index in [0.717, 1.165) is 5.56 Å². The van der Waals surface area contributed by atoms with Gasteiger partial charge in [-0.2, -0.15) is 5.10 Å². The molecular weight excluding hydrogens is 212 g/mol. The Balaban J connectivity index is 2.32. The third-order valence-corrected chi connectivity index (χ3v) is 2.04. The van der Waals surface area contributed by atoms with Crippen LogP contribution in [0.1, 0.15) is 17.0 Å². The maximum Gasteiger partial charge on any atom is 0.173 e. The molecule has 0 aliphatic rings. The number of nitrogens with zero attached hydrogens (tertiary/aromatic N) is 4. The standard InChI is InChI=1S/C13H8N4/c1-3-12-13(4-2)17(16-15-12)14-10-11-8-6-5-7-9-11/h1-2,5-10H/b14-10+. The predicted octanol–water partition coefficient (Wildman–Crippen LogP) is 1.12. The first-order valence-electron chi connectivity index (χ1n) is 4.83. The Bertz CT molecular complexity index is 624. The topological polar surface area (TPSA) is 43.1 Å². The van der Waals surface area contributed by atoms with Crippen LogP contribution in [0.3, 0.4) is 0 Å². The lowest BCUT2D eigenvalue weighted by Gasteiger charge is -1.93. The number of rotatable bonds is 2. The minimum atomic E-state index is 0.317. The molecule has 1 aromatic carbocycles. The van der Waals surface area contributed by atoms with Crippen LogP contribution in [0.25, 0.3) is 0 Å². The Hall–Kier alpha value is -2.85. The van der Waals surface area contributed by atoms with Crippen molar-refractivity contribution in [1.82, 2.24) is 15.1 Å². The van der Waals surface area contributed by atoms with E-state index in [2.05, 4.69) is 27.3 Å². The maximum absolute atomic E-state index is 5.32. The van der Waals surface area contributed by atoms with Gasteiger partial charge in [-0.05, 0) is 22.6 Å². The van der Waals surface area contributed by atoms with Crippen molar-refractivity contribution in [2.24, 2.45) is 5.10 Å². The van der Waals surface area contributed by atoms with E-state index in [1.807, 2.05) is 30.3 Å². The highest BCUT2D eigenvalue weighted by molar-refractivity contribution is 5.79. The fourth-order valence-corrected chi connectivity index (χ4v) is 1.24. The van der Waals surface area contributed by atoms with Gasteiger partial charge in [-0.15, -0.1) is 22.7 Å². The predicted molar refractivity (Wildman–Crippen MR) is 65.3 cm³/mol. The zero-order valence-corrected chi connectivity index (χ0v) is 8.91. The molecule has 0 amide bonds. The first-order valence-corrected chi connectivity index (χ1v) is 4.83. The second kappa shape index (κ2) is 4.78. The summed E-state index contributed by atoms with van der Waals surface area (Å²) in [6.07, 6.45) is 12.2. The molecule has 0 fully saturated rings. The molecule has 0 bridgehead atoms. The summed E-state index contributed by atoms with van der Waals surface area (Å²) >= 11 is 0. The lowest BCUT2D eigenvalue weighted by atomic mass is 10.2. The van der Waals surface area contributed by atoms with Crippen molar-refractivity contribution in [3.63, 3.8) is 0 Å². The summed E-state index contributed by atoms with van der Waals surface area (Å²) in [6, 6.07) is 9.58. The second-order valence-corrected chi connectivity index (χ2v) is 3.12. The van der Waals surface area contributed by atoms with Crippen LogP contribution in [-0.4, -0.2) is 21.3 Å². The summed E-state index contributed by atoms with van der Waals surface area (Å²) in [5.41, 5.74) is 1.63. The maximum atomic E-state index is 5.32. The Morgan fingerprint density at radius 2 is 1.94 bits per heavy atom. The van der Waals surface area contributed by atoms with E-state index < -0.39 is 0 Å². The molecule has 1 aromatic heterocycles. The SMILES string of the molecule is C#Cc1nnn(/N=C/c2ccccc2)c1C#C. The molecule has 17 heavy (non-hydrogen) atoms. The van der Waals surface area contributed by atoms with Crippen molar-refractivity contribution < 1.29 is 0 Å². The average Bonchev–Trinajstić information content (AvgIpc) is 2.79. The first-order chi connectivity index (χ1) is 8.35. The largest absolute Gasteiger partial charge is 0.173 e. The number of benzene rings is 1. The van der Waals surface area contributed by atoms with Crippen molar-refractivity contribution in [3.8, 4) is 24.7 Å². The van der Waals surface area contributed by atoms with Crippen LogP contribution in [0.15, 0.2) is 35.4 Å². The van der Waals surface area contributed by atoms with E-state index >= 15 is 0 Å². The number of hydrogen-bond donors (Lipinski definition) is 0. The highest BCUT2D eigenvalue weighted by Gasteiger charge is 2.06. The Morgan fingerprint density at radius 3 is 2.59 bits per heavy atom. The molecule has 4 nitrogen and oxygen atoms in total. The normalized spacial score (nSPS) is 10.0. The van der Waals surface area contributed by atoms with Gasteiger partial charge in [0, 0.05) is 0 Å². The van der Waals surface area contributed by atoms with Crippen LogP contribution in [-0.2, 0) is 0 Å². The molecule has 1 heterocycles. The fraction of sp³-hybridized carbons (Fsp3) is 0. The molecule has 0 aliphatic heterocycles. The van der Waals surface area contributed by atoms with Gasteiger partial charge < -0.3 is 0 Å². The van der Waals surface area contributed by atoms with Crippen LogP contribution in [0.4, 0.5) is 0 Å². The van der Waals surface area contributed by atoms with Gasteiger partial charge in [0.2, 0.25) is 0 Å². The molecule has 0 saturated carbocycles. The summed E-state index contributed by atoms with van der Waals surface area (Å²) in [5.74, 6) is 4.77. The average molecular weight is 220 g/mol. The molecule has 0 N–H and O–H groups in total. The summed E-state index contributed by atoms with van der Waals surface area (Å²) in [5, 5.41) is 11.6. The van der Waals surface area contributed by atoms with E-state index in [-0.39, 0.29) is 0 Å². The molecule has 0 spiro atoms. The summed E-state index contributed by atoms with van der Waals surface area (Å²) in [6.45, 7) is 0. The van der Waals surface area contributed by atoms with E-state index in [4.69, 9.17) is 12.8 Å². The monoisotopic (exact) mass is 220 g/mol. The summed E-state index contributed by atoms with van der Waals surface area (Å²) < 4.78 is 0. The second-order valence-electron chi connectivity index (χ2n) is 3.12. The molecule has 4 heteroatoms. The van der Waals surface area contributed by atoms with E-state index in [1.54, 1.807) is 6.21 Å². The number of terminal acetylenes is 2. The highest BCUT2D eigenvalue weighted by Crippen LogP contribution is 2.02. The van der Waals surface area contributed by atoms with Gasteiger partial charge in [-0.25, -0.2) is 0 Å². The van der Waals surface area contributed by atoms with Crippen molar-refractivity contribution in [2.75, 3.05) is 0 Å². The van der Waals surface area contributed by atoms with Gasteiger partial charge in [-0.3, -0.25) is 0 Å². The molecule has 0 unspecified atom stereocenters. The van der Waals surface area contributed by atoms with Gasteiger partial charge in [0.1, 0.15) is 0 Å². The molecule has 0 atom stereocenters. The Labute approximate surface area is 99.0 Å². The number of aromatic nitrogens is 3. The molecular formula is C13H8N4. The zero-order chi connectivity index (χ0) is 12.1. The van der Waals surface area contributed by atoms with Crippen LogP contribution in [0, 0.1) is 24.7 Å². The smallest absolute Gasteiger partial charge is 0.156 e. The lowest BCUT2D eigenvalue weighted by Crippen LogP contribution is -1.96. The minimum Gasteiger partial charge on any atom is -0.156 e. The third-order valence-electron chi connectivity index (χ3n) is 2.04. The quantitative estimate of drug-likeness (QED) is 0.562. The zero-order valence-electron chi connectivity index (χ0n) is 8.91. The van der Waals surface area contributed by atoms with E-state index in [1.165, 1.54) is 4.79 Å². The summed E-state index contributed by atoms with van der Waals surface area (Å²) in [7, 11) is 0. The van der Waals surface area contributed by atoms with E-state index in [9.17, 15) is 0 Å². The molecule has 2 aromatic rings. The van der Waals surface area contributed by atoms with Crippen molar-refractivity contribution in [2.45, 2.75) is 0 Å². The van der Waals surface area contributed by atoms with Gasteiger partial charge in [0.25, 0.3) is 0 Å². The van der Waals surface area contributed by atoms with Crippen LogP contribution < -0.4 is 0 Å². The van der Waals surface area contributed by atoms with Crippen molar-refractivity contribution in [3.05, 3.63) is 47.3 Å². The van der Waals surface area contributed by atoms with Crippen LogP contribution >= 0.6 is 0 Å². The molecule has 0 radical (unpaired) electrons. The lowest BCUT2D eigenvalue weighted by molar-refractivity contribution is 0.690. The minimum absolute atomic E-state index is 0.317. The van der Waals surface area contributed by atoms with Crippen LogP contribution in [0.5, 0.6) is 0 Å². The molecule has 2 rings (SSSR count). The Morgan fingerprint density at radius 1 is 1.18 bits per heavy atom. The van der Waals surface area contributed by atoms with Gasteiger partial charge in [-0.1, -0.05) is 30.3 Å². The Kier molecular flexibility index (Phi) is 3.00. The molecule has 0 aliphatic carbocycles. The van der Waals surface area contributed by atoms with E-state index in [0.29, 0.717) is 11.4 Å². The molecule has 0 saturated heterocycles. The van der Waals surface area contributed by atoms with Gasteiger partial charge in [0.05, 0.1) is 6.21 Å². The van der Waals surface area contributed by atoms with Gasteiger partial charge >= 0.3 is 0 Å². The van der Waals surface area contributed by atoms with Crippen molar-refractivity contribution >= 4 is 6.21 Å². The van der Waals surface area contributed by atoms with Crippen molar-refractivity contribution in [1.29, 1.82) is 0 Å². The summed E-state index contributed by atoms with van der Waals surface area (Å²) in [4.78, 5) is 1.24. The van der Waals surface area contributed by atoms with Crippen LogP contribution in [0.2, 0.25) is 0 Å². The fourth-order valence-electron chi connectivity index (χ4n) is 1.24. The van der Waals surface area contributed by atoms with Gasteiger partial charge in [0.15, 0.2) is 11.4 Å². The first kappa shape index (κ1) is 10.7. The number of hydrogen-bond acceptors (Lipinski definition) is 3.